The molecule has 0 spiro atoms. The molecular formula is C36H40N4O5S. The highest BCUT2D eigenvalue weighted by Gasteiger charge is 2.32. The average Bonchev–Trinajstić information content (AvgIpc) is 3.03. The van der Waals surface area contributed by atoms with Gasteiger partial charge in [0.25, 0.3) is 10.0 Å². The van der Waals surface area contributed by atoms with E-state index in [0.29, 0.717) is 31.0 Å². The van der Waals surface area contributed by atoms with Crippen molar-refractivity contribution in [2.24, 2.45) is 5.73 Å². The zero-order valence-electron chi connectivity index (χ0n) is 26.3. The van der Waals surface area contributed by atoms with Crippen molar-refractivity contribution in [2.75, 3.05) is 11.3 Å². The highest BCUT2D eigenvalue weighted by Crippen LogP contribution is 2.26. The van der Waals surface area contributed by atoms with Gasteiger partial charge in [0.05, 0.1) is 10.4 Å². The number of amides is 2. The molecule has 0 radical (unpaired) electrons. The summed E-state index contributed by atoms with van der Waals surface area (Å²) in [5.41, 5.74) is 10.1. The second-order valence-electron chi connectivity index (χ2n) is 12.3. The van der Waals surface area contributed by atoms with Crippen molar-refractivity contribution in [1.29, 1.82) is 0 Å². The van der Waals surface area contributed by atoms with Crippen LogP contribution in [0.25, 0.3) is 0 Å². The Bertz CT molecular complexity index is 1790. The van der Waals surface area contributed by atoms with E-state index in [2.05, 4.69) is 10.0 Å². The largest absolute Gasteiger partial charge is 0.489 e. The number of sulfonamides is 1. The Hall–Kier alpha value is -4.67. The fourth-order valence-electron chi connectivity index (χ4n) is 5.20. The van der Waals surface area contributed by atoms with Gasteiger partial charge in [-0.05, 0) is 85.8 Å². The third kappa shape index (κ3) is 8.32. The summed E-state index contributed by atoms with van der Waals surface area (Å²) >= 11 is 0. The highest BCUT2D eigenvalue weighted by atomic mass is 32.2. The van der Waals surface area contributed by atoms with Crippen molar-refractivity contribution in [2.45, 2.75) is 63.2 Å². The molecule has 0 unspecified atom stereocenters. The van der Waals surface area contributed by atoms with Crippen LogP contribution in [-0.2, 0) is 45.6 Å². The monoisotopic (exact) mass is 640 g/mol. The number of carbonyl (C=O) groups excluding carboxylic acids is 2. The van der Waals surface area contributed by atoms with Gasteiger partial charge in [0.1, 0.15) is 18.4 Å². The molecule has 9 nitrogen and oxygen atoms in total. The Morgan fingerprint density at radius 3 is 2.28 bits per heavy atom. The molecule has 0 fully saturated rings. The zero-order chi connectivity index (χ0) is 32.9. The van der Waals surface area contributed by atoms with Crippen LogP contribution in [0.5, 0.6) is 5.75 Å². The molecule has 46 heavy (non-hydrogen) atoms. The van der Waals surface area contributed by atoms with Crippen molar-refractivity contribution in [3.63, 3.8) is 0 Å². The van der Waals surface area contributed by atoms with Crippen molar-refractivity contribution >= 4 is 27.5 Å². The number of nitrogens with zero attached hydrogens (tertiary/aromatic N) is 1. The van der Waals surface area contributed by atoms with E-state index in [9.17, 15) is 18.0 Å². The van der Waals surface area contributed by atoms with Gasteiger partial charge in [-0.15, -0.1) is 0 Å². The molecule has 0 saturated carbocycles. The van der Waals surface area contributed by atoms with Gasteiger partial charge in [0.15, 0.2) is 0 Å². The molecule has 240 valence electrons. The molecule has 1 atom stereocenters. The van der Waals surface area contributed by atoms with Gasteiger partial charge in [-0.3, -0.25) is 14.3 Å². The van der Waals surface area contributed by atoms with Gasteiger partial charge < -0.3 is 20.7 Å². The Balaban J connectivity index is 1.29. The number of hydrogen-bond acceptors (Lipinski definition) is 6. The maximum atomic E-state index is 14.0. The number of anilines is 1. The molecule has 4 N–H and O–H groups in total. The molecule has 0 aliphatic carbocycles. The number of nitrogens with one attached hydrogen (secondary N) is 2. The predicted octanol–water partition coefficient (Wildman–Crippen LogP) is 4.72. The van der Waals surface area contributed by atoms with E-state index in [1.807, 2.05) is 67.6 Å². The molecule has 4 aromatic rings. The highest BCUT2D eigenvalue weighted by molar-refractivity contribution is 7.92. The number of carbonyl (C=O) groups is 2. The van der Waals surface area contributed by atoms with E-state index >= 15 is 0 Å². The van der Waals surface area contributed by atoms with Gasteiger partial charge in [-0.1, -0.05) is 66.2 Å². The summed E-state index contributed by atoms with van der Waals surface area (Å²) in [6, 6.07) is 28.5. The van der Waals surface area contributed by atoms with Gasteiger partial charge in [0.2, 0.25) is 11.8 Å². The number of fused-ring (bicyclic) bond motifs is 1. The first-order chi connectivity index (χ1) is 21.9. The number of aryl methyl sites for hydroxylation is 1. The Labute approximate surface area is 270 Å². The lowest BCUT2D eigenvalue weighted by Crippen LogP contribution is -2.57. The van der Waals surface area contributed by atoms with Crippen LogP contribution in [0.1, 0.15) is 41.7 Å². The van der Waals surface area contributed by atoms with E-state index in [4.69, 9.17) is 10.5 Å². The maximum absolute atomic E-state index is 14.0. The molecule has 0 saturated heterocycles. The maximum Gasteiger partial charge on any atom is 0.261 e. The number of benzene rings is 4. The number of ether oxygens (including phenoxy) is 1. The van der Waals surface area contributed by atoms with Crippen molar-refractivity contribution < 1.29 is 22.7 Å². The first-order valence-electron chi connectivity index (χ1n) is 15.2. The summed E-state index contributed by atoms with van der Waals surface area (Å²) in [4.78, 5) is 28.8. The van der Waals surface area contributed by atoms with Gasteiger partial charge in [0, 0.05) is 25.2 Å². The number of rotatable bonds is 11. The fourth-order valence-corrected chi connectivity index (χ4v) is 6.25. The van der Waals surface area contributed by atoms with Gasteiger partial charge in [-0.25, -0.2) is 8.42 Å². The molecule has 10 heteroatoms. The SMILES string of the molecule is Cc1ccc(S(=O)(=O)Nc2ccc3c(c2)CN(C(=O)[C@@H](Cc2ccc(OCc4ccccc4)cc2)NC(=O)C(C)(C)N)CC3)cc1. The summed E-state index contributed by atoms with van der Waals surface area (Å²) in [7, 11) is -3.78. The number of nitrogens with two attached hydrogens (primary N) is 1. The van der Waals surface area contributed by atoms with Crippen molar-refractivity contribution in [3.05, 3.63) is 125 Å². The van der Waals surface area contributed by atoms with Crippen LogP contribution in [0.2, 0.25) is 0 Å². The molecule has 5 rings (SSSR count). The minimum absolute atomic E-state index is 0.171. The van der Waals surface area contributed by atoms with E-state index in [1.54, 1.807) is 55.1 Å². The second-order valence-corrected chi connectivity index (χ2v) is 14.0. The quantitative estimate of drug-likeness (QED) is 0.218. The Kier molecular flexibility index (Phi) is 9.79. The molecule has 0 aromatic heterocycles. The van der Waals surface area contributed by atoms with Crippen molar-refractivity contribution in [1.82, 2.24) is 10.2 Å². The van der Waals surface area contributed by atoms with Crippen LogP contribution in [0.4, 0.5) is 5.69 Å². The lowest BCUT2D eigenvalue weighted by atomic mass is 9.97. The van der Waals surface area contributed by atoms with Crippen LogP contribution >= 0.6 is 0 Å². The summed E-state index contributed by atoms with van der Waals surface area (Å²) in [6.45, 7) is 6.27. The number of hydrogen-bond donors (Lipinski definition) is 3. The smallest absolute Gasteiger partial charge is 0.261 e. The van der Waals surface area contributed by atoms with E-state index in [0.717, 1.165) is 27.8 Å². The lowest BCUT2D eigenvalue weighted by Gasteiger charge is -2.33. The van der Waals surface area contributed by atoms with E-state index in [-0.39, 0.29) is 23.8 Å². The molecule has 2 amide bonds. The van der Waals surface area contributed by atoms with Crippen LogP contribution in [0.3, 0.4) is 0 Å². The summed E-state index contributed by atoms with van der Waals surface area (Å²) in [6.07, 6.45) is 0.863. The average molecular weight is 641 g/mol. The fraction of sp³-hybridized carbons (Fsp3) is 0.278. The first kappa shape index (κ1) is 32.7. The molecule has 1 heterocycles. The molecule has 1 aliphatic heterocycles. The molecule has 0 bridgehead atoms. The lowest BCUT2D eigenvalue weighted by molar-refractivity contribution is -0.138. The van der Waals surface area contributed by atoms with E-state index in [1.165, 1.54) is 0 Å². The van der Waals surface area contributed by atoms with Crippen molar-refractivity contribution in [3.8, 4) is 5.75 Å². The Morgan fingerprint density at radius 1 is 0.913 bits per heavy atom. The van der Waals surface area contributed by atoms with E-state index < -0.39 is 27.5 Å². The Morgan fingerprint density at radius 2 is 1.61 bits per heavy atom. The standard InChI is InChI=1S/C36H40N4O5S/c1-25-9-17-32(18-10-25)46(43,44)39-30-14-13-28-19-20-40(23-29(28)22-30)34(41)33(38-35(42)36(2,3)37)21-26-11-15-31(16-12-26)45-24-27-7-5-4-6-8-27/h4-18,22,33,39H,19-21,23-24,37H2,1-3H3,(H,38,42)/t33-/m1/s1. The summed E-state index contributed by atoms with van der Waals surface area (Å²) in [5, 5.41) is 2.87. The molecule has 1 aliphatic rings. The van der Waals surface area contributed by atoms with Gasteiger partial charge in [-0.2, -0.15) is 0 Å². The molecular weight excluding hydrogens is 600 g/mol. The minimum atomic E-state index is -3.78. The summed E-state index contributed by atoms with van der Waals surface area (Å²) in [5.74, 6) is 0.0289. The van der Waals surface area contributed by atoms with Crippen LogP contribution in [-0.4, -0.2) is 43.3 Å². The minimum Gasteiger partial charge on any atom is -0.489 e. The predicted molar refractivity (Wildman–Crippen MR) is 179 cm³/mol. The normalized spacial score (nSPS) is 13.8. The van der Waals surface area contributed by atoms with Crippen LogP contribution in [0.15, 0.2) is 102 Å². The van der Waals surface area contributed by atoms with Gasteiger partial charge >= 0.3 is 0 Å². The zero-order valence-corrected chi connectivity index (χ0v) is 27.1. The topological polar surface area (TPSA) is 131 Å². The van der Waals surface area contributed by atoms with Crippen LogP contribution < -0.4 is 20.5 Å². The first-order valence-corrected chi connectivity index (χ1v) is 16.7. The third-order valence-corrected chi connectivity index (χ3v) is 9.31. The third-order valence-electron chi connectivity index (χ3n) is 7.91. The second kappa shape index (κ2) is 13.8. The molecule has 4 aromatic carbocycles. The van der Waals surface area contributed by atoms with Crippen LogP contribution in [0, 0.1) is 6.92 Å². The summed E-state index contributed by atoms with van der Waals surface area (Å²) < 4.78 is 34.5.